The van der Waals surface area contributed by atoms with Crippen LogP contribution in [-0.2, 0) is 16.6 Å². The van der Waals surface area contributed by atoms with Crippen LogP contribution < -0.4 is 14.8 Å². The maximum atomic E-state index is 13.7. The minimum absolute atomic E-state index is 0.147. The second-order valence-electron chi connectivity index (χ2n) is 11.4. The predicted octanol–water partition coefficient (Wildman–Crippen LogP) is 2.78. The fourth-order valence-corrected chi connectivity index (χ4v) is 6.09. The Morgan fingerprint density at radius 1 is 1.04 bits per heavy atom. The number of fused-ring (bicyclic) bond motifs is 5. The number of methoxy groups -OCH3 is 1. The quantitative estimate of drug-likeness (QED) is 0.316. The van der Waals surface area contributed by atoms with Crippen molar-refractivity contribution < 1.29 is 38.2 Å². The Morgan fingerprint density at radius 2 is 1.81 bits per heavy atom. The molecular formula is C33H38N6O8. The van der Waals surface area contributed by atoms with E-state index in [-0.39, 0.29) is 49.0 Å². The average molecular weight is 647 g/mol. The van der Waals surface area contributed by atoms with Crippen LogP contribution in [0.4, 0.5) is 0 Å². The van der Waals surface area contributed by atoms with Crippen molar-refractivity contribution in [3.8, 4) is 11.5 Å². The van der Waals surface area contributed by atoms with E-state index in [2.05, 4.69) is 15.3 Å². The van der Waals surface area contributed by atoms with Crippen LogP contribution in [0.5, 0.6) is 11.5 Å². The number of rotatable bonds is 3. The van der Waals surface area contributed by atoms with Crippen LogP contribution in [0.2, 0.25) is 0 Å². The highest BCUT2D eigenvalue weighted by Crippen LogP contribution is 2.38. The van der Waals surface area contributed by atoms with Crippen molar-refractivity contribution in [3.63, 3.8) is 0 Å². The number of oxazole rings is 1. The fraction of sp³-hybridized carbons (Fsp3) is 0.394. The average Bonchev–Trinajstić information content (AvgIpc) is 3.77. The molecular weight excluding hydrogens is 608 g/mol. The number of likely N-dealkylation sites (tertiary alicyclic amines) is 1. The number of benzene rings is 1. The molecule has 14 nitrogen and oxygen atoms in total. The molecule has 3 aromatic heterocycles. The van der Waals surface area contributed by atoms with Gasteiger partial charge in [-0.1, -0.05) is 6.07 Å². The van der Waals surface area contributed by atoms with Crippen molar-refractivity contribution in [3.05, 3.63) is 71.2 Å². The number of carboxylic acid groups (broad SMARTS) is 1. The van der Waals surface area contributed by atoms with E-state index in [1.807, 2.05) is 48.1 Å². The molecule has 2 bridgehead atoms. The molecule has 0 radical (unpaired) electrons. The Balaban J connectivity index is 0.00000139. The van der Waals surface area contributed by atoms with Gasteiger partial charge in [-0.3, -0.25) is 19.2 Å². The normalized spacial score (nSPS) is 18.3. The summed E-state index contributed by atoms with van der Waals surface area (Å²) in [5.41, 5.74) is 2.45. The van der Waals surface area contributed by atoms with Gasteiger partial charge in [0.1, 0.15) is 17.9 Å². The maximum Gasteiger partial charge on any atom is 0.291 e. The van der Waals surface area contributed by atoms with Gasteiger partial charge in [0.25, 0.3) is 18.3 Å². The van der Waals surface area contributed by atoms with Gasteiger partial charge in [0.05, 0.1) is 25.3 Å². The number of amides is 3. The molecule has 3 amide bonds. The third-order valence-corrected chi connectivity index (χ3v) is 8.40. The summed E-state index contributed by atoms with van der Waals surface area (Å²) >= 11 is 0. The minimum Gasteiger partial charge on any atom is -0.493 e. The van der Waals surface area contributed by atoms with E-state index >= 15 is 0 Å². The first-order valence-electron chi connectivity index (χ1n) is 15.3. The summed E-state index contributed by atoms with van der Waals surface area (Å²) in [6.45, 7) is 5.06. The number of pyridine rings is 1. The molecule has 0 unspecified atom stereocenters. The Labute approximate surface area is 271 Å². The van der Waals surface area contributed by atoms with Gasteiger partial charge in [0, 0.05) is 57.7 Å². The van der Waals surface area contributed by atoms with Gasteiger partial charge in [-0.15, -0.1) is 0 Å². The lowest BCUT2D eigenvalue weighted by Crippen LogP contribution is -2.39. The third kappa shape index (κ3) is 7.05. The zero-order valence-corrected chi connectivity index (χ0v) is 26.8. The predicted molar refractivity (Wildman–Crippen MR) is 170 cm³/mol. The highest BCUT2D eigenvalue weighted by Gasteiger charge is 2.41. The van der Waals surface area contributed by atoms with Crippen LogP contribution in [0.15, 0.2) is 47.0 Å². The van der Waals surface area contributed by atoms with Crippen LogP contribution in [-0.4, -0.2) is 100 Å². The molecule has 0 saturated carbocycles. The van der Waals surface area contributed by atoms with Gasteiger partial charge in [-0.2, -0.15) is 0 Å². The molecule has 248 valence electrons. The smallest absolute Gasteiger partial charge is 0.291 e. The highest BCUT2D eigenvalue weighted by molar-refractivity contribution is 5.95. The number of carbonyl (C=O) groups is 4. The van der Waals surface area contributed by atoms with Crippen molar-refractivity contribution in [2.24, 2.45) is 13.0 Å². The molecule has 0 aliphatic carbocycles. The maximum absolute atomic E-state index is 13.7. The summed E-state index contributed by atoms with van der Waals surface area (Å²) < 4.78 is 19.2. The van der Waals surface area contributed by atoms with Gasteiger partial charge >= 0.3 is 0 Å². The van der Waals surface area contributed by atoms with Gasteiger partial charge in [-0.05, 0) is 49.2 Å². The molecule has 47 heavy (non-hydrogen) atoms. The topological polar surface area (TPSA) is 169 Å². The lowest BCUT2D eigenvalue weighted by atomic mass is 9.88. The second-order valence-corrected chi connectivity index (χ2v) is 11.4. The molecule has 1 aromatic carbocycles. The fourth-order valence-electron chi connectivity index (χ4n) is 6.09. The van der Waals surface area contributed by atoms with Gasteiger partial charge in [-0.25, -0.2) is 9.97 Å². The molecule has 5 heterocycles. The SMILES string of the molecule is COc1ccc2cc1OCCN(C(=O)c1oc(C)nc1C)CCCNC(=O)[C@H]1CN(C(=O)c3ccc4ccn(C)c4n3)C[C@H]21.O=CO. The Hall–Kier alpha value is -5.40. The van der Waals surface area contributed by atoms with Crippen molar-refractivity contribution in [1.29, 1.82) is 0 Å². The number of nitrogens with zero attached hydrogens (tertiary/aromatic N) is 5. The van der Waals surface area contributed by atoms with Crippen molar-refractivity contribution in [2.45, 2.75) is 26.2 Å². The number of aryl methyl sites for hydroxylation is 3. The summed E-state index contributed by atoms with van der Waals surface area (Å²) in [6.07, 6.45) is 2.43. The summed E-state index contributed by atoms with van der Waals surface area (Å²) in [7, 11) is 3.45. The van der Waals surface area contributed by atoms with E-state index in [0.717, 1.165) is 16.6 Å². The van der Waals surface area contributed by atoms with Crippen LogP contribution in [0.25, 0.3) is 11.0 Å². The van der Waals surface area contributed by atoms with E-state index in [0.29, 0.717) is 61.4 Å². The number of hydrogen-bond acceptors (Lipinski definition) is 9. The lowest BCUT2D eigenvalue weighted by molar-refractivity contribution is -0.125. The monoisotopic (exact) mass is 646 g/mol. The lowest BCUT2D eigenvalue weighted by Gasteiger charge is -2.24. The summed E-state index contributed by atoms with van der Waals surface area (Å²) in [6, 6.07) is 11.2. The molecule has 4 aromatic rings. The van der Waals surface area contributed by atoms with Crippen molar-refractivity contribution >= 4 is 35.2 Å². The third-order valence-electron chi connectivity index (χ3n) is 8.40. The Bertz CT molecular complexity index is 1780. The van der Waals surface area contributed by atoms with Crippen LogP contribution in [0.1, 0.15) is 50.5 Å². The number of carbonyl (C=O) groups excluding carboxylic acids is 3. The van der Waals surface area contributed by atoms with Crippen LogP contribution in [0, 0.1) is 19.8 Å². The molecule has 2 N–H and O–H groups in total. The molecule has 0 spiro atoms. The molecule has 1 saturated heterocycles. The van der Waals surface area contributed by atoms with Crippen molar-refractivity contribution in [1.82, 2.24) is 29.7 Å². The second kappa shape index (κ2) is 14.4. The molecule has 2 aliphatic heterocycles. The van der Waals surface area contributed by atoms with E-state index in [9.17, 15) is 14.4 Å². The first-order chi connectivity index (χ1) is 22.6. The molecule has 2 aliphatic rings. The number of aromatic nitrogens is 3. The number of ether oxygens (including phenoxy) is 2. The minimum atomic E-state index is -0.487. The highest BCUT2D eigenvalue weighted by atomic mass is 16.5. The number of nitrogens with one attached hydrogen (secondary N) is 1. The summed E-state index contributed by atoms with van der Waals surface area (Å²) in [4.78, 5) is 61.2. The Morgan fingerprint density at radius 3 is 2.53 bits per heavy atom. The van der Waals surface area contributed by atoms with Crippen molar-refractivity contribution in [2.75, 3.05) is 46.4 Å². The Kier molecular flexibility index (Phi) is 10.1. The zero-order valence-electron chi connectivity index (χ0n) is 26.8. The van der Waals surface area contributed by atoms with E-state index < -0.39 is 5.92 Å². The van der Waals surface area contributed by atoms with Crippen LogP contribution in [0.3, 0.4) is 0 Å². The zero-order chi connectivity index (χ0) is 33.7. The van der Waals surface area contributed by atoms with Gasteiger partial charge in [0.2, 0.25) is 11.7 Å². The van der Waals surface area contributed by atoms with Crippen LogP contribution >= 0.6 is 0 Å². The van der Waals surface area contributed by atoms with E-state index in [1.54, 1.807) is 36.8 Å². The molecule has 6 rings (SSSR count). The largest absolute Gasteiger partial charge is 0.493 e. The summed E-state index contributed by atoms with van der Waals surface area (Å²) in [5.74, 6) is 0.268. The number of hydrogen-bond donors (Lipinski definition) is 2. The van der Waals surface area contributed by atoms with E-state index in [4.69, 9.17) is 23.8 Å². The van der Waals surface area contributed by atoms with Gasteiger partial charge in [0.15, 0.2) is 17.4 Å². The first kappa shape index (κ1) is 33.0. The van der Waals surface area contributed by atoms with Gasteiger partial charge < -0.3 is 38.7 Å². The molecule has 14 heteroatoms. The summed E-state index contributed by atoms with van der Waals surface area (Å²) in [5, 5.41) is 10.9. The molecule has 2 atom stereocenters. The molecule has 1 fully saturated rings. The first-order valence-corrected chi connectivity index (χ1v) is 15.3. The standard InChI is InChI=1S/C32H36N6O6.CH2O2/c1-19-28(44-20(2)34-19)32(41)37-12-5-11-33-30(39)24-18-38(31(40)25-8-6-21-10-13-36(3)29(21)35-25)17-23(24)22-7-9-26(42-4)27(16-22)43-15-14-37;2-1-3/h6-10,13,16,23-24H,5,11-12,14-15,17-18H2,1-4H3,(H,33,39);1H,(H,2,3)/t23-,24+;/m1./s1. The van der Waals surface area contributed by atoms with E-state index in [1.165, 1.54) is 0 Å².